The molecule has 7 atom stereocenters. The average molecular weight is 607 g/mol. The Morgan fingerprint density at radius 2 is 1.31 bits per heavy atom. The Morgan fingerprint density at radius 3 is 1.81 bits per heavy atom. The van der Waals surface area contributed by atoms with E-state index >= 15 is 0 Å². The number of ether oxygens (including phenoxy) is 5. The summed E-state index contributed by atoms with van der Waals surface area (Å²) in [5.74, 6) is -2.01. The van der Waals surface area contributed by atoms with Crippen molar-refractivity contribution in [3.05, 3.63) is 0 Å². The van der Waals surface area contributed by atoms with Gasteiger partial charge in [0.05, 0.1) is 13.2 Å². The molecule has 1 fully saturated rings. The minimum absolute atomic E-state index is 0.0934. The zero-order valence-corrected chi connectivity index (χ0v) is 25.6. The molecule has 0 amide bonds. The van der Waals surface area contributed by atoms with E-state index in [1.807, 2.05) is 0 Å². The van der Waals surface area contributed by atoms with Crippen molar-refractivity contribution >= 4 is 17.9 Å². The topological polar surface area (TPSA) is 178 Å². The van der Waals surface area contributed by atoms with Crippen molar-refractivity contribution in [2.45, 2.75) is 154 Å². The van der Waals surface area contributed by atoms with Crippen LogP contribution in [0.4, 0.5) is 0 Å². The Morgan fingerprint density at radius 1 is 0.762 bits per heavy atom. The molecule has 42 heavy (non-hydrogen) atoms. The summed E-state index contributed by atoms with van der Waals surface area (Å²) in [4.78, 5) is 35.9. The first-order chi connectivity index (χ1) is 20.1. The van der Waals surface area contributed by atoms with E-state index in [0.29, 0.717) is 6.42 Å². The second kappa shape index (κ2) is 22.7. The summed E-state index contributed by atoms with van der Waals surface area (Å²) in [6, 6.07) is 0. The van der Waals surface area contributed by atoms with Gasteiger partial charge < -0.3 is 44.1 Å². The van der Waals surface area contributed by atoms with Crippen molar-refractivity contribution < 1.29 is 58.5 Å². The van der Waals surface area contributed by atoms with Gasteiger partial charge in [0.1, 0.15) is 31.0 Å². The first kappa shape index (κ1) is 38.2. The standard InChI is InChI=1S/C30H54O12/c1-4-5-6-7-8-9-10-11-12-13-14-15-16-17-26(36)42-28-27(37)25(20-38-21(2)32)41-30(29(28)40-22(3)33)39-19-24(35)23(34)18-31/h23-25,27-31,34-35,37H,4-20H2,1-3H3/t23-,24+,25?,27?,28?,29?,30?/m0/s1. The Kier molecular flexibility index (Phi) is 20.6. The number of carbonyl (C=O) groups is 3. The molecule has 0 saturated carbocycles. The van der Waals surface area contributed by atoms with E-state index in [1.54, 1.807) is 0 Å². The van der Waals surface area contributed by atoms with Gasteiger partial charge in [-0.25, -0.2) is 0 Å². The molecule has 0 aromatic rings. The van der Waals surface area contributed by atoms with E-state index < -0.39 is 80.6 Å². The average Bonchev–Trinajstić information content (AvgIpc) is 2.95. The van der Waals surface area contributed by atoms with Crippen LogP contribution in [-0.4, -0.2) is 101 Å². The lowest BCUT2D eigenvalue weighted by Gasteiger charge is -2.43. The molecule has 1 aliphatic heterocycles. The summed E-state index contributed by atoms with van der Waals surface area (Å²) in [5.41, 5.74) is 0. The molecule has 0 aromatic carbocycles. The lowest BCUT2D eigenvalue weighted by Crippen LogP contribution is -2.62. The van der Waals surface area contributed by atoms with Crippen LogP contribution in [0, 0.1) is 0 Å². The first-order valence-corrected chi connectivity index (χ1v) is 15.5. The summed E-state index contributed by atoms with van der Waals surface area (Å²) in [6.07, 6.45) is 5.13. The van der Waals surface area contributed by atoms with Crippen LogP contribution in [0.3, 0.4) is 0 Å². The smallest absolute Gasteiger partial charge is 0.306 e. The third kappa shape index (κ3) is 16.1. The third-order valence-corrected chi connectivity index (χ3v) is 7.19. The monoisotopic (exact) mass is 606 g/mol. The number of aliphatic hydroxyl groups excluding tert-OH is 4. The predicted molar refractivity (Wildman–Crippen MR) is 152 cm³/mol. The second-order valence-electron chi connectivity index (χ2n) is 11.0. The van der Waals surface area contributed by atoms with Crippen LogP contribution in [0.5, 0.6) is 0 Å². The normalized spacial score (nSPS) is 23.6. The molecule has 5 unspecified atom stereocenters. The molecule has 1 heterocycles. The summed E-state index contributed by atoms with van der Waals surface area (Å²) in [7, 11) is 0. The third-order valence-electron chi connectivity index (χ3n) is 7.19. The van der Waals surface area contributed by atoms with Crippen LogP contribution in [-0.2, 0) is 38.1 Å². The fraction of sp³-hybridized carbons (Fsp3) is 0.900. The molecule has 0 radical (unpaired) electrons. The fourth-order valence-corrected chi connectivity index (χ4v) is 4.74. The molecule has 1 rings (SSSR count). The zero-order chi connectivity index (χ0) is 31.3. The minimum atomic E-state index is -1.53. The largest absolute Gasteiger partial charge is 0.463 e. The molecule has 4 N–H and O–H groups in total. The van der Waals surface area contributed by atoms with E-state index in [4.69, 9.17) is 28.8 Å². The Bertz CT molecular complexity index is 748. The lowest BCUT2D eigenvalue weighted by molar-refractivity contribution is -0.311. The molecule has 12 nitrogen and oxygen atoms in total. The van der Waals surface area contributed by atoms with Gasteiger partial charge >= 0.3 is 17.9 Å². The van der Waals surface area contributed by atoms with Crippen molar-refractivity contribution in [2.75, 3.05) is 19.8 Å². The molecule has 0 bridgehead atoms. The number of hydrogen-bond donors (Lipinski definition) is 4. The quantitative estimate of drug-likeness (QED) is 0.0760. The van der Waals surface area contributed by atoms with Gasteiger partial charge in [-0.2, -0.15) is 0 Å². The highest BCUT2D eigenvalue weighted by Crippen LogP contribution is 2.28. The highest BCUT2D eigenvalue weighted by atomic mass is 16.7. The number of aliphatic hydroxyl groups is 4. The van der Waals surface area contributed by atoms with Gasteiger partial charge in [-0.1, -0.05) is 84.0 Å². The summed E-state index contributed by atoms with van der Waals surface area (Å²) < 4.78 is 26.9. The maximum absolute atomic E-state index is 12.7. The molecule has 12 heteroatoms. The highest BCUT2D eigenvalue weighted by molar-refractivity contribution is 5.70. The van der Waals surface area contributed by atoms with Gasteiger partial charge in [0.2, 0.25) is 0 Å². The highest BCUT2D eigenvalue weighted by Gasteiger charge is 2.50. The van der Waals surface area contributed by atoms with E-state index in [2.05, 4.69) is 6.92 Å². The van der Waals surface area contributed by atoms with Crippen LogP contribution in [0.15, 0.2) is 0 Å². The van der Waals surface area contributed by atoms with E-state index in [-0.39, 0.29) is 6.42 Å². The summed E-state index contributed by atoms with van der Waals surface area (Å²) in [5, 5.41) is 39.5. The van der Waals surface area contributed by atoms with Gasteiger partial charge in [0, 0.05) is 20.3 Å². The van der Waals surface area contributed by atoms with Crippen LogP contribution < -0.4 is 0 Å². The lowest BCUT2D eigenvalue weighted by atomic mass is 9.98. The number of rotatable bonds is 23. The predicted octanol–water partition coefficient (Wildman–Crippen LogP) is 2.69. The Hall–Kier alpha value is -1.83. The van der Waals surface area contributed by atoms with E-state index in [9.17, 15) is 29.7 Å². The first-order valence-electron chi connectivity index (χ1n) is 15.5. The van der Waals surface area contributed by atoms with Crippen LogP contribution in [0.1, 0.15) is 111 Å². The van der Waals surface area contributed by atoms with Crippen LogP contribution in [0.2, 0.25) is 0 Å². The fourth-order valence-electron chi connectivity index (χ4n) is 4.74. The number of unbranched alkanes of at least 4 members (excludes halogenated alkanes) is 12. The molecule has 0 aliphatic carbocycles. The zero-order valence-electron chi connectivity index (χ0n) is 25.6. The van der Waals surface area contributed by atoms with Gasteiger partial charge in [0.15, 0.2) is 18.5 Å². The molecule has 246 valence electrons. The number of esters is 3. The molecule has 0 spiro atoms. The van der Waals surface area contributed by atoms with Crippen molar-refractivity contribution in [1.82, 2.24) is 0 Å². The molecule has 1 aliphatic rings. The molecular weight excluding hydrogens is 552 g/mol. The van der Waals surface area contributed by atoms with Gasteiger partial charge in [0.25, 0.3) is 0 Å². The maximum Gasteiger partial charge on any atom is 0.306 e. The maximum atomic E-state index is 12.7. The van der Waals surface area contributed by atoms with Crippen LogP contribution in [0.25, 0.3) is 0 Å². The number of carbonyl (C=O) groups excluding carboxylic acids is 3. The minimum Gasteiger partial charge on any atom is -0.463 e. The number of hydrogen-bond acceptors (Lipinski definition) is 12. The second-order valence-corrected chi connectivity index (χ2v) is 11.0. The van der Waals surface area contributed by atoms with Crippen LogP contribution >= 0.6 is 0 Å². The Labute approximate surface area is 250 Å². The van der Waals surface area contributed by atoms with Crippen molar-refractivity contribution in [2.24, 2.45) is 0 Å². The molecular formula is C30H54O12. The van der Waals surface area contributed by atoms with Gasteiger partial charge in [-0.05, 0) is 6.42 Å². The van der Waals surface area contributed by atoms with E-state index in [1.165, 1.54) is 64.7 Å². The molecule has 1 saturated heterocycles. The van der Waals surface area contributed by atoms with Gasteiger partial charge in [-0.3, -0.25) is 14.4 Å². The summed E-state index contributed by atoms with van der Waals surface area (Å²) in [6.45, 7) is 2.84. The van der Waals surface area contributed by atoms with E-state index in [0.717, 1.165) is 26.2 Å². The Balaban J connectivity index is 2.61. The van der Waals surface area contributed by atoms with Gasteiger partial charge in [-0.15, -0.1) is 0 Å². The van der Waals surface area contributed by atoms with Crippen molar-refractivity contribution in [1.29, 1.82) is 0 Å². The SMILES string of the molecule is CCCCCCCCCCCCCCCC(=O)OC1C(O)C(COC(C)=O)OC(OC[C@@H](O)[C@@H](O)CO)C1OC(C)=O. The van der Waals surface area contributed by atoms with Crippen molar-refractivity contribution in [3.8, 4) is 0 Å². The van der Waals surface area contributed by atoms with Crippen molar-refractivity contribution in [3.63, 3.8) is 0 Å². The summed E-state index contributed by atoms with van der Waals surface area (Å²) >= 11 is 0. The molecule has 0 aromatic heterocycles.